The van der Waals surface area contributed by atoms with Crippen molar-refractivity contribution in [3.63, 3.8) is 0 Å². The van der Waals surface area contributed by atoms with E-state index in [0.29, 0.717) is 0 Å². The lowest BCUT2D eigenvalue weighted by molar-refractivity contribution is 0.373. The van der Waals surface area contributed by atoms with Crippen molar-refractivity contribution in [1.29, 1.82) is 0 Å². The first-order valence-corrected chi connectivity index (χ1v) is 8.11. The first-order valence-electron chi connectivity index (χ1n) is 7.29. The van der Waals surface area contributed by atoms with Crippen LogP contribution in [0.3, 0.4) is 0 Å². The van der Waals surface area contributed by atoms with Crippen LogP contribution in [0.25, 0.3) is 10.4 Å². The third kappa shape index (κ3) is 3.46. The molecular formula is C17H21NS. The summed E-state index contributed by atoms with van der Waals surface area (Å²) >= 11 is 1.91. The van der Waals surface area contributed by atoms with Crippen molar-refractivity contribution < 1.29 is 0 Å². The van der Waals surface area contributed by atoms with Gasteiger partial charge in [-0.15, -0.1) is 11.3 Å². The van der Waals surface area contributed by atoms with E-state index in [1.807, 2.05) is 11.3 Å². The Hall–Kier alpha value is -1.12. The van der Waals surface area contributed by atoms with Crippen LogP contribution in [0.1, 0.15) is 37.0 Å². The maximum atomic E-state index is 3.71. The summed E-state index contributed by atoms with van der Waals surface area (Å²) in [6, 6.07) is 15.9. The van der Waals surface area contributed by atoms with Gasteiger partial charge in [0.05, 0.1) is 0 Å². The van der Waals surface area contributed by atoms with E-state index in [1.54, 1.807) is 0 Å². The monoisotopic (exact) mass is 271 g/mol. The van der Waals surface area contributed by atoms with Gasteiger partial charge in [0.1, 0.15) is 0 Å². The van der Waals surface area contributed by atoms with Crippen molar-refractivity contribution in [2.75, 3.05) is 0 Å². The Labute approximate surface area is 119 Å². The lowest BCUT2D eigenvalue weighted by Gasteiger charge is -2.22. The third-order valence-corrected chi connectivity index (χ3v) is 5.02. The summed E-state index contributed by atoms with van der Waals surface area (Å²) in [6.45, 7) is 1.03. The zero-order valence-corrected chi connectivity index (χ0v) is 12.1. The summed E-state index contributed by atoms with van der Waals surface area (Å²) in [5, 5.41) is 3.71. The molecular weight excluding hydrogens is 250 g/mol. The van der Waals surface area contributed by atoms with Crippen molar-refractivity contribution in [3.05, 3.63) is 47.3 Å². The highest BCUT2D eigenvalue weighted by Crippen LogP contribution is 2.28. The van der Waals surface area contributed by atoms with E-state index >= 15 is 0 Å². The fourth-order valence-corrected chi connectivity index (χ4v) is 3.75. The van der Waals surface area contributed by atoms with E-state index in [9.17, 15) is 0 Å². The molecule has 0 amide bonds. The van der Waals surface area contributed by atoms with Gasteiger partial charge in [0.2, 0.25) is 0 Å². The molecule has 0 radical (unpaired) electrons. The quantitative estimate of drug-likeness (QED) is 0.839. The van der Waals surface area contributed by atoms with Gasteiger partial charge in [0.15, 0.2) is 0 Å². The van der Waals surface area contributed by atoms with Crippen LogP contribution in [0.15, 0.2) is 42.5 Å². The fraction of sp³-hybridized carbons (Fsp3) is 0.412. The lowest BCUT2D eigenvalue weighted by atomic mass is 9.95. The maximum absolute atomic E-state index is 3.71. The molecule has 1 aromatic carbocycles. The molecule has 0 aliphatic heterocycles. The summed E-state index contributed by atoms with van der Waals surface area (Å²) in [5.74, 6) is 0. The van der Waals surface area contributed by atoms with Gasteiger partial charge in [0.25, 0.3) is 0 Å². The first-order chi connectivity index (χ1) is 9.42. The van der Waals surface area contributed by atoms with E-state index < -0.39 is 0 Å². The van der Waals surface area contributed by atoms with Crippen LogP contribution in [-0.4, -0.2) is 6.04 Å². The number of nitrogens with one attached hydrogen (secondary N) is 1. The van der Waals surface area contributed by atoms with Crippen molar-refractivity contribution in [1.82, 2.24) is 5.32 Å². The molecule has 1 nitrogen and oxygen atoms in total. The van der Waals surface area contributed by atoms with Gasteiger partial charge in [-0.1, -0.05) is 49.6 Å². The highest BCUT2D eigenvalue weighted by molar-refractivity contribution is 7.15. The van der Waals surface area contributed by atoms with Crippen LogP contribution in [-0.2, 0) is 6.54 Å². The predicted molar refractivity (Wildman–Crippen MR) is 83.5 cm³/mol. The highest BCUT2D eigenvalue weighted by atomic mass is 32.1. The van der Waals surface area contributed by atoms with Crippen LogP contribution >= 0.6 is 11.3 Å². The zero-order valence-electron chi connectivity index (χ0n) is 11.3. The first kappa shape index (κ1) is 12.9. The van der Waals surface area contributed by atoms with Gasteiger partial charge in [0, 0.05) is 22.3 Å². The summed E-state index contributed by atoms with van der Waals surface area (Å²) in [5.41, 5.74) is 1.33. The predicted octanol–water partition coefficient (Wildman–Crippen LogP) is 4.84. The molecule has 0 spiro atoms. The van der Waals surface area contributed by atoms with E-state index in [0.717, 1.165) is 12.6 Å². The highest BCUT2D eigenvalue weighted by Gasteiger charge is 2.12. The molecule has 0 unspecified atom stereocenters. The minimum atomic E-state index is 0.746. The topological polar surface area (TPSA) is 12.0 Å². The van der Waals surface area contributed by atoms with Crippen molar-refractivity contribution in [2.45, 2.75) is 44.7 Å². The number of benzene rings is 1. The minimum Gasteiger partial charge on any atom is -0.309 e. The van der Waals surface area contributed by atoms with Crippen LogP contribution in [0.4, 0.5) is 0 Å². The Morgan fingerprint density at radius 3 is 2.53 bits per heavy atom. The second-order valence-corrected chi connectivity index (χ2v) is 6.52. The molecule has 0 bridgehead atoms. The maximum Gasteiger partial charge on any atom is 0.0346 e. The third-order valence-electron chi connectivity index (χ3n) is 3.89. The van der Waals surface area contributed by atoms with Crippen LogP contribution in [0.5, 0.6) is 0 Å². The van der Waals surface area contributed by atoms with Gasteiger partial charge in [-0.3, -0.25) is 0 Å². The second kappa shape index (κ2) is 6.36. The van der Waals surface area contributed by atoms with E-state index in [1.165, 1.54) is 47.4 Å². The number of thiophene rings is 1. The van der Waals surface area contributed by atoms with E-state index in [2.05, 4.69) is 47.8 Å². The summed E-state index contributed by atoms with van der Waals surface area (Å²) < 4.78 is 0. The Bertz CT molecular complexity index is 497. The van der Waals surface area contributed by atoms with Crippen molar-refractivity contribution >= 4 is 11.3 Å². The summed E-state index contributed by atoms with van der Waals surface area (Å²) in [4.78, 5) is 2.82. The van der Waals surface area contributed by atoms with Crippen molar-refractivity contribution in [2.24, 2.45) is 0 Å². The molecule has 1 fully saturated rings. The molecule has 2 heteroatoms. The van der Waals surface area contributed by atoms with Gasteiger partial charge >= 0.3 is 0 Å². The van der Waals surface area contributed by atoms with Gasteiger partial charge < -0.3 is 5.32 Å². The second-order valence-electron chi connectivity index (χ2n) is 5.35. The molecule has 19 heavy (non-hydrogen) atoms. The molecule has 2 aromatic rings. The van der Waals surface area contributed by atoms with Gasteiger partial charge in [-0.2, -0.15) is 0 Å². The standard InChI is InChI=1S/C17H21NS/c1-3-7-14(8-4-1)17-12-11-16(19-17)13-18-15-9-5-2-6-10-15/h1,3-4,7-8,11-12,15,18H,2,5-6,9-10,13H2. The Morgan fingerprint density at radius 2 is 1.74 bits per heavy atom. The van der Waals surface area contributed by atoms with Crippen LogP contribution < -0.4 is 5.32 Å². The smallest absolute Gasteiger partial charge is 0.0346 e. The molecule has 1 aromatic heterocycles. The minimum absolute atomic E-state index is 0.746. The van der Waals surface area contributed by atoms with E-state index in [-0.39, 0.29) is 0 Å². The number of rotatable bonds is 4. The lowest BCUT2D eigenvalue weighted by Crippen LogP contribution is -2.30. The number of hydrogen-bond acceptors (Lipinski definition) is 2. The molecule has 1 aliphatic rings. The molecule has 0 atom stereocenters. The summed E-state index contributed by atoms with van der Waals surface area (Å²) in [6.07, 6.45) is 6.94. The fourth-order valence-electron chi connectivity index (χ4n) is 2.78. The molecule has 1 N–H and O–H groups in total. The Kier molecular flexibility index (Phi) is 4.31. The van der Waals surface area contributed by atoms with Crippen molar-refractivity contribution in [3.8, 4) is 10.4 Å². The molecule has 1 heterocycles. The average molecular weight is 271 g/mol. The SMILES string of the molecule is c1ccc(-c2ccc(CNC3CCCCC3)s2)cc1. The number of hydrogen-bond donors (Lipinski definition) is 1. The Balaban J connectivity index is 1.59. The van der Waals surface area contributed by atoms with Gasteiger partial charge in [-0.05, 0) is 30.5 Å². The molecule has 1 aliphatic carbocycles. The molecule has 1 saturated carbocycles. The molecule has 100 valence electrons. The average Bonchev–Trinajstić information content (AvgIpc) is 2.96. The van der Waals surface area contributed by atoms with Crippen LogP contribution in [0.2, 0.25) is 0 Å². The van der Waals surface area contributed by atoms with Gasteiger partial charge in [-0.25, -0.2) is 0 Å². The Morgan fingerprint density at radius 1 is 0.947 bits per heavy atom. The largest absolute Gasteiger partial charge is 0.309 e. The zero-order chi connectivity index (χ0) is 12.9. The van der Waals surface area contributed by atoms with Crippen LogP contribution in [0, 0.1) is 0 Å². The molecule has 0 saturated heterocycles. The van der Waals surface area contributed by atoms with E-state index in [4.69, 9.17) is 0 Å². The normalized spacial score (nSPS) is 16.6. The molecule has 3 rings (SSSR count). The summed E-state index contributed by atoms with van der Waals surface area (Å²) in [7, 11) is 0.